The summed E-state index contributed by atoms with van der Waals surface area (Å²) in [6.45, 7) is 0. The first kappa shape index (κ1) is 25.6. The molecule has 0 amide bonds. The molecule has 0 saturated carbocycles. The summed E-state index contributed by atoms with van der Waals surface area (Å²) >= 11 is 0. The van der Waals surface area contributed by atoms with Gasteiger partial charge >= 0.3 is 0 Å². The lowest BCUT2D eigenvalue weighted by atomic mass is 9.96. The van der Waals surface area contributed by atoms with Gasteiger partial charge in [0.15, 0.2) is 0 Å². The smallest absolute Gasteiger partial charge is 0.130 e. The molecule has 1 heterocycles. The van der Waals surface area contributed by atoms with Crippen LogP contribution in [0.15, 0.2) is 139 Å². The molecule has 0 atom stereocenters. The second-order valence-corrected chi connectivity index (χ2v) is 12.3. The highest BCUT2D eigenvalue weighted by molar-refractivity contribution is 6.26. The van der Waals surface area contributed by atoms with Crippen molar-refractivity contribution in [2.45, 2.75) is 0 Å². The average Bonchev–Trinajstić information content (AvgIpc) is 3.75. The van der Waals surface area contributed by atoms with Crippen LogP contribution in [0.2, 0.25) is 0 Å². The SMILES string of the molecule is N#CC(C#N)=Cc1ccc2c(c1)-c1ccc3c4c(ccc-2c14)-c1cc(-c2ccc4c5ccccc5n(-c5ccccc5)c4c2)ccc1-3. The number of hydrogen-bond acceptors (Lipinski definition) is 2. The lowest BCUT2D eigenvalue weighted by Crippen LogP contribution is -1.93. The minimum absolute atomic E-state index is 0.105. The maximum Gasteiger partial charge on any atom is 0.130 e. The van der Waals surface area contributed by atoms with Crippen LogP contribution in [-0.4, -0.2) is 4.57 Å². The molecular formula is C44H23N3. The molecule has 0 saturated heterocycles. The highest BCUT2D eigenvalue weighted by atomic mass is 15.0. The number of benzene rings is 7. The molecule has 0 fully saturated rings. The van der Waals surface area contributed by atoms with Gasteiger partial charge in [-0.2, -0.15) is 10.5 Å². The Kier molecular flexibility index (Phi) is 5.13. The van der Waals surface area contributed by atoms with Crippen LogP contribution in [-0.2, 0) is 0 Å². The Hall–Kier alpha value is -6.68. The number of rotatable bonds is 3. The summed E-state index contributed by atoms with van der Waals surface area (Å²) in [4.78, 5) is 0. The molecule has 2 aliphatic carbocycles. The van der Waals surface area contributed by atoms with Gasteiger partial charge in [0.05, 0.1) is 11.0 Å². The number of para-hydroxylation sites is 2. The topological polar surface area (TPSA) is 52.5 Å². The van der Waals surface area contributed by atoms with Gasteiger partial charge < -0.3 is 4.57 Å². The molecule has 7 aromatic carbocycles. The van der Waals surface area contributed by atoms with Crippen LogP contribution in [0, 0.1) is 22.7 Å². The second-order valence-electron chi connectivity index (χ2n) is 12.3. The predicted octanol–water partition coefficient (Wildman–Crippen LogP) is 11.3. The summed E-state index contributed by atoms with van der Waals surface area (Å²) < 4.78 is 2.37. The number of aromatic nitrogens is 1. The Morgan fingerprint density at radius 3 is 1.74 bits per heavy atom. The Morgan fingerprint density at radius 1 is 0.468 bits per heavy atom. The zero-order chi connectivity index (χ0) is 31.2. The van der Waals surface area contributed by atoms with Crippen molar-refractivity contribution in [3.8, 4) is 73.5 Å². The zero-order valence-electron chi connectivity index (χ0n) is 25.1. The summed E-state index contributed by atoms with van der Waals surface area (Å²) in [7, 11) is 0. The quantitative estimate of drug-likeness (QED) is 0.191. The van der Waals surface area contributed by atoms with Crippen molar-refractivity contribution in [2.24, 2.45) is 0 Å². The highest BCUT2D eigenvalue weighted by Crippen LogP contribution is 2.56. The minimum Gasteiger partial charge on any atom is -0.309 e. The van der Waals surface area contributed by atoms with Crippen LogP contribution in [0.3, 0.4) is 0 Å². The van der Waals surface area contributed by atoms with Gasteiger partial charge in [-0.25, -0.2) is 0 Å². The van der Waals surface area contributed by atoms with Crippen molar-refractivity contribution < 1.29 is 0 Å². The summed E-state index contributed by atoms with van der Waals surface area (Å²) in [6.07, 6.45) is 1.66. The molecule has 8 aromatic rings. The fraction of sp³-hybridized carbons (Fsp3) is 0. The second kappa shape index (κ2) is 9.41. The van der Waals surface area contributed by atoms with Crippen LogP contribution < -0.4 is 0 Å². The average molecular weight is 594 g/mol. The third-order valence-corrected chi connectivity index (χ3v) is 9.96. The van der Waals surface area contributed by atoms with Crippen LogP contribution in [0.25, 0.3) is 100.0 Å². The van der Waals surface area contributed by atoms with Crippen molar-refractivity contribution in [3.63, 3.8) is 0 Å². The standard InChI is InChI=1S/C44H23N3/c45-24-27(25-46)20-26-10-13-31-35-17-19-38-40-22-28(11-14-32(40)36-16-18-37(39(31)21-26)43(35)44(36)38)29-12-15-34-33-8-4-5-9-41(33)47(42(34)23-29)30-6-2-1-3-7-30/h1-23H. The Balaban J connectivity index is 1.13. The Bertz CT molecular complexity index is 2780. The van der Waals surface area contributed by atoms with E-state index in [9.17, 15) is 10.5 Å². The number of nitrogens with zero attached hydrogens (tertiary/aromatic N) is 3. The predicted molar refractivity (Wildman–Crippen MR) is 192 cm³/mol. The van der Waals surface area contributed by atoms with E-state index >= 15 is 0 Å². The van der Waals surface area contributed by atoms with Crippen molar-refractivity contribution in [3.05, 3.63) is 145 Å². The van der Waals surface area contributed by atoms with Gasteiger partial charge in [-0.3, -0.25) is 0 Å². The molecular weight excluding hydrogens is 571 g/mol. The van der Waals surface area contributed by atoms with Gasteiger partial charge in [-0.1, -0.05) is 97.1 Å². The van der Waals surface area contributed by atoms with E-state index in [0.717, 1.165) is 16.8 Å². The lowest BCUT2D eigenvalue weighted by molar-refractivity contribution is 1.18. The number of nitriles is 2. The van der Waals surface area contributed by atoms with E-state index in [2.05, 4.69) is 132 Å². The van der Waals surface area contributed by atoms with Crippen molar-refractivity contribution in [2.75, 3.05) is 0 Å². The number of fused-ring (bicyclic) bond motifs is 9. The minimum atomic E-state index is 0.105. The Labute approximate surface area is 271 Å². The van der Waals surface area contributed by atoms with E-state index in [-0.39, 0.29) is 5.57 Å². The third kappa shape index (κ3) is 3.49. The van der Waals surface area contributed by atoms with E-state index in [1.807, 2.05) is 18.2 Å². The lowest BCUT2D eigenvalue weighted by Gasteiger charge is -2.10. The maximum absolute atomic E-state index is 9.29. The Morgan fingerprint density at radius 2 is 1.02 bits per heavy atom. The number of hydrogen-bond donors (Lipinski definition) is 0. The fourth-order valence-electron chi connectivity index (χ4n) is 7.95. The van der Waals surface area contributed by atoms with Crippen LogP contribution in [0.4, 0.5) is 0 Å². The van der Waals surface area contributed by atoms with Gasteiger partial charge in [0.2, 0.25) is 0 Å². The molecule has 214 valence electrons. The van der Waals surface area contributed by atoms with E-state index in [1.54, 1.807) is 6.08 Å². The first-order valence-electron chi connectivity index (χ1n) is 15.7. The largest absolute Gasteiger partial charge is 0.309 e. The van der Waals surface area contributed by atoms with Crippen LogP contribution in [0.1, 0.15) is 5.56 Å². The summed E-state index contributed by atoms with van der Waals surface area (Å²) in [5.74, 6) is 0. The number of allylic oxidation sites excluding steroid dienone is 1. The summed E-state index contributed by atoms with van der Waals surface area (Å²) in [5, 5.41) is 23.7. The highest BCUT2D eigenvalue weighted by Gasteiger charge is 2.29. The fourth-order valence-corrected chi connectivity index (χ4v) is 7.95. The molecule has 10 rings (SSSR count). The van der Waals surface area contributed by atoms with E-state index < -0.39 is 0 Å². The van der Waals surface area contributed by atoms with Gasteiger partial charge in [0, 0.05) is 16.5 Å². The molecule has 3 nitrogen and oxygen atoms in total. The third-order valence-electron chi connectivity index (χ3n) is 9.96. The molecule has 47 heavy (non-hydrogen) atoms. The molecule has 2 aliphatic rings. The molecule has 0 aliphatic heterocycles. The monoisotopic (exact) mass is 593 g/mol. The van der Waals surface area contributed by atoms with Crippen molar-refractivity contribution in [1.29, 1.82) is 10.5 Å². The zero-order valence-corrected chi connectivity index (χ0v) is 25.1. The van der Waals surface area contributed by atoms with Gasteiger partial charge in [0.1, 0.15) is 17.7 Å². The molecule has 0 N–H and O–H groups in total. The summed E-state index contributed by atoms with van der Waals surface area (Å²) in [6, 6.07) is 52.2. The normalized spacial score (nSPS) is 11.8. The molecule has 0 spiro atoms. The summed E-state index contributed by atoms with van der Waals surface area (Å²) in [5.41, 5.74) is 16.7. The van der Waals surface area contributed by atoms with Gasteiger partial charge in [-0.05, 0) is 114 Å². The van der Waals surface area contributed by atoms with Crippen molar-refractivity contribution >= 4 is 38.7 Å². The van der Waals surface area contributed by atoms with E-state index in [4.69, 9.17) is 0 Å². The van der Waals surface area contributed by atoms with Crippen LogP contribution in [0.5, 0.6) is 0 Å². The van der Waals surface area contributed by atoms with Gasteiger partial charge in [0.25, 0.3) is 0 Å². The van der Waals surface area contributed by atoms with E-state index in [0.29, 0.717) is 0 Å². The molecule has 0 radical (unpaired) electrons. The molecule has 1 aromatic heterocycles. The molecule has 0 unspecified atom stereocenters. The molecule has 3 heteroatoms. The van der Waals surface area contributed by atoms with Crippen molar-refractivity contribution in [1.82, 2.24) is 4.57 Å². The first-order chi connectivity index (χ1) is 23.2. The van der Waals surface area contributed by atoms with E-state index in [1.165, 1.54) is 82.6 Å². The van der Waals surface area contributed by atoms with Gasteiger partial charge in [-0.15, -0.1) is 0 Å². The van der Waals surface area contributed by atoms with Crippen LogP contribution >= 0.6 is 0 Å². The first-order valence-corrected chi connectivity index (χ1v) is 15.7. The molecule has 0 bridgehead atoms. The maximum atomic E-state index is 9.29.